The first-order valence-electron chi connectivity index (χ1n) is 10.5. The van der Waals surface area contributed by atoms with E-state index in [0.717, 1.165) is 37.4 Å². The van der Waals surface area contributed by atoms with E-state index in [1.54, 1.807) is 18.2 Å². The average Bonchev–Trinajstić information content (AvgIpc) is 2.73. The Morgan fingerprint density at radius 2 is 1.68 bits per heavy atom. The van der Waals surface area contributed by atoms with Crippen molar-refractivity contribution in [3.05, 3.63) is 59.7 Å². The molecule has 7 heteroatoms. The molecule has 2 aromatic rings. The first-order valence-corrected chi connectivity index (χ1v) is 10.5. The minimum Gasteiger partial charge on any atom is -0.456 e. The number of hydrogen-bond donors (Lipinski definition) is 1. The molecule has 0 radical (unpaired) electrons. The van der Waals surface area contributed by atoms with Crippen molar-refractivity contribution in [3.63, 3.8) is 0 Å². The normalized spacial score (nSPS) is 14.8. The van der Waals surface area contributed by atoms with Crippen LogP contribution in [-0.2, 0) is 16.1 Å². The standard InChI is InChI=1S/C24H31N3O4/c1-24(2,3)31-22(28)19-10-11-20(21(16-19)27-14-12-26(4)13-15-27)25-23(29)30-17-18-8-6-5-7-9-18/h5-11,16H,12-15,17H2,1-4H3,(H,25,29). The van der Waals surface area contributed by atoms with Crippen LogP contribution in [0.25, 0.3) is 0 Å². The van der Waals surface area contributed by atoms with Gasteiger partial charge in [0.25, 0.3) is 0 Å². The van der Waals surface area contributed by atoms with Gasteiger partial charge in [-0.1, -0.05) is 30.3 Å². The van der Waals surface area contributed by atoms with Crippen LogP contribution >= 0.6 is 0 Å². The average molecular weight is 426 g/mol. The maximum absolute atomic E-state index is 12.6. The van der Waals surface area contributed by atoms with Crippen LogP contribution in [0.2, 0.25) is 0 Å². The zero-order valence-corrected chi connectivity index (χ0v) is 18.7. The molecule has 1 aliphatic rings. The number of carbonyl (C=O) groups excluding carboxylic acids is 2. The first-order chi connectivity index (χ1) is 14.7. The van der Waals surface area contributed by atoms with Gasteiger partial charge in [-0.2, -0.15) is 0 Å². The molecule has 1 N–H and O–H groups in total. The fraction of sp³-hybridized carbons (Fsp3) is 0.417. The fourth-order valence-corrected chi connectivity index (χ4v) is 3.28. The van der Waals surface area contributed by atoms with Gasteiger partial charge in [-0.3, -0.25) is 5.32 Å². The summed E-state index contributed by atoms with van der Waals surface area (Å²) in [7, 11) is 2.08. The summed E-state index contributed by atoms with van der Waals surface area (Å²) in [5.74, 6) is -0.388. The van der Waals surface area contributed by atoms with Crippen molar-refractivity contribution in [2.24, 2.45) is 0 Å². The highest BCUT2D eigenvalue weighted by Gasteiger charge is 2.23. The van der Waals surface area contributed by atoms with E-state index in [4.69, 9.17) is 9.47 Å². The van der Waals surface area contributed by atoms with Gasteiger partial charge in [0.1, 0.15) is 12.2 Å². The van der Waals surface area contributed by atoms with E-state index in [-0.39, 0.29) is 12.6 Å². The maximum Gasteiger partial charge on any atom is 0.412 e. The third kappa shape index (κ3) is 6.72. The van der Waals surface area contributed by atoms with Gasteiger partial charge in [0.05, 0.1) is 16.9 Å². The largest absolute Gasteiger partial charge is 0.456 e. The van der Waals surface area contributed by atoms with Crippen LogP contribution in [0.15, 0.2) is 48.5 Å². The molecular formula is C24H31N3O4. The van der Waals surface area contributed by atoms with Crippen molar-refractivity contribution in [2.45, 2.75) is 33.0 Å². The molecule has 0 unspecified atom stereocenters. The monoisotopic (exact) mass is 425 g/mol. The van der Waals surface area contributed by atoms with Crippen LogP contribution in [0, 0.1) is 0 Å². The molecule has 0 saturated carbocycles. The van der Waals surface area contributed by atoms with Gasteiger partial charge in [-0.25, -0.2) is 9.59 Å². The number of piperazine rings is 1. The molecule has 1 amide bonds. The van der Waals surface area contributed by atoms with Gasteiger partial charge >= 0.3 is 12.1 Å². The molecule has 3 rings (SSSR count). The SMILES string of the molecule is CN1CCN(c2cc(C(=O)OC(C)(C)C)ccc2NC(=O)OCc2ccccc2)CC1. The zero-order valence-electron chi connectivity index (χ0n) is 18.7. The number of esters is 1. The number of rotatable bonds is 5. The molecule has 31 heavy (non-hydrogen) atoms. The molecule has 0 aliphatic carbocycles. The Hall–Kier alpha value is -3.06. The Labute approximate surface area is 183 Å². The highest BCUT2D eigenvalue weighted by molar-refractivity contribution is 5.95. The molecular weight excluding hydrogens is 394 g/mol. The highest BCUT2D eigenvalue weighted by Crippen LogP contribution is 2.29. The molecule has 2 aromatic carbocycles. The van der Waals surface area contributed by atoms with Crippen LogP contribution in [0.5, 0.6) is 0 Å². The summed E-state index contributed by atoms with van der Waals surface area (Å²) in [5.41, 5.74) is 2.18. The highest BCUT2D eigenvalue weighted by atomic mass is 16.6. The summed E-state index contributed by atoms with van der Waals surface area (Å²) in [6.45, 7) is 9.08. The number of benzene rings is 2. The third-order valence-electron chi connectivity index (χ3n) is 4.93. The molecule has 0 spiro atoms. The van der Waals surface area contributed by atoms with E-state index < -0.39 is 11.7 Å². The molecule has 1 aliphatic heterocycles. The number of likely N-dealkylation sites (N-methyl/N-ethyl adjacent to an activating group) is 1. The van der Waals surface area contributed by atoms with Gasteiger partial charge in [0, 0.05) is 26.2 Å². The minimum absolute atomic E-state index is 0.187. The topological polar surface area (TPSA) is 71.1 Å². The van der Waals surface area contributed by atoms with Crippen molar-refractivity contribution in [1.82, 2.24) is 4.90 Å². The molecule has 0 bridgehead atoms. The van der Waals surface area contributed by atoms with E-state index in [9.17, 15) is 9.59 Å². The number of hydrogen-bond acceptors (Lipinski definition) is 6. The summed E-state index contributed by atoms with van der Waals surface area (Å²) >= 11 is 0. The molecule has 1 fully saturated rings. The Morgan fingerprint density at radius 1 is 1.00 bits per heavy atom. The lowest BCUT2D eigenvalue weighted by Crippen LogP contribution is -2.44. The van der Waals surface area contributed by atoms with Crippen LogP contribution in [0.1, 0.15) is 36.7 Å². The van der Waals surface area contributed by atoms with Crippen molar-refractivity contribution < 1.29 is 19.1 Å². The van der Waals surface area contributed by atoms with E-state index in [1.807, 2.05) is 51.1 Å². The summed E-state index contributed by atoms with van der Waals surface area (Å²) in [6, 6.07) is 14.7. The van der Waals surface area contributed by atoms with E-state index in [1.165, 1.54) is 0 Å². The molecule has 0 atom stereocenters. The van der Waals surface area contributed by atoms with E-state index in [2.05, 4.69) is 22.2 Å². The molecule has 0 aromatic heterocycles. The Kier molecular flexibility index (Phi) is 7.17. The van der Waals surface area contributed by atoms with Crippen LogP contribution < -0.4 is 10.2 Å². The Morgan fingerprint density at radius 3 is 2.32 bits per heavy atom. The summed E-state index contributed by atoms with van der Waals surface area (Å²) < 4.78 is 10.9. The minimum atomic E-state index is -0.580. The number of nitrogens with one attached hydrogen (secondary N) is 1. The summed E-state index contributed by atoms with van der Waals surface area (Å²) in [6.07, 6.45) is -0.538. The molecule has 166 valence electrons. The van der Waals surface area contributed by atoms with Crippen LogP contribution in [-0.4, -0.2) is 55.8 Å². The number of nitrogens with zero attached hydrogens (tertiary/aromatic N) is 2. The number of anilines is 2. The first kappa shape index (κ1) is 22.6. The quantitative estimate of drug-likeness (QED) is 0.726. The van der Waals surface area contributed by atoms with Gasteiger partial charge in [0.2, 0.25) is 0 Å². The molecule has 1 heterocycles. The van der Waals surface area contributed by atoms with Gasteiger partial charge in [-0.15, -0.1) is 0 Å². The Balaban J connectivity index is 1.77. The number of ether oxygens (including phenoxy) is 2. The van der Waals surface area contributed by atoms with Crippen molar-refractivity contribution in [1.29, 1.82) is 0 Å². The van der Waals surface area contributed by atoms with Gasteiger partial charge < -0.3 is 19.3 Å². The Bertz CT molecular complexity index is 901. The number of amides is 1. The predicted molar refractivity (Wildman–Crippen MR) is 122 cm³/mol. The lowest BCUT2D eigenvalue weighted by Gasteiger charge is -2.35. The van der Waals surface area contributed by atoms with Gasteiger partial charge in [0.15, 0.2) is 0 Å². The maximum atomic E-state index is 12.6. The van der Waals surface area contributed by atoms with E-state index >= 15 is 0 Å². The van der Waals surface area contributed by atoms with Gasteiger partial charge in [-0.05, 0) is 51.6 Å². The second-order valence-electron chi connectivity index (χ2n) is 8.71. The van der Waals surface area contributed by atoms with Crippen molar-refractivity contribution in [3.8, 4) is 0 Å². The lowest BCUT2D eigenvalue weighted by molar-refractivity contribution is 0.00695. The van der Waals surface area contributed by atoms with E-state index in [0.29, 0.717) is 11.3 Å². The predicted octanol–water partition coefficient (Wildman–Crippen LogP) is 4.14. The summed E-state index contributed by atoms with van der Waals surface area (Å²) in [5, 5.41) is 2.84. The summed E-state index contributed by atoms with van der Waals surface area (Å²) in [4.78, 5) is 29.4. The van der Waals surface area contributed by atoms with Crippen LogP contribution in [0.4, 0.5) is 16.2 Å². The smallest absolute Gasteiger partial charge is 0.412 e. The lowest BCUT2D eigenvalue weighted by atomic mass is 10.1. The zero-order chi connectivity index (χ0) is 22.4. The fourth-order valence-electron chi connectivity index (χ4n) is 3.28. The second kappa shape index (κ2) is 9.83. The third-order valence-corrected chi connectivity index (χ3v) is 4.93. The second-order valence-corrected chi connectivity index (χ2v) is 8.71. The molecule has 1 saturated heterocycles. The number of carbonyl (C=O) groups is 2. The van der Waals surface area contributed by atoms with Crippen LogP contribution in [0.3, 0.4) is 0 Å². The van der Waals surface area contributed by atoms with Crippen molar-refractivity contribution >= 4 is 23.4 Å². The molecule has 7 nitrogen and oxygen atoms in total. The van der Waals surface area contributed by atoms with Crippen molar-refractivity contribution in [2.75, 3.05) is 43.4 Å².